The molecule has 0 aliphatic rings. The predicted molar refractivity (Wildman–Crippen MR) is 70.3 cm³/mol. The lowest BCUT2D eigenvalue weighted by molar-refractivity contribution is -0.139. The summed E-state index contributed by atoms with van der Waals surface area (Å²) in [7, 11) is 0. The molecule has 0 spiro atoms. The number of carbonyl (C=O) groups is 4. The normalized spacial score (nSPS) is 12.8. The highest BCUT2D eigenvalue weighted by molar-refractivity contribution is 7.65. The highest BCUT2D eigenvalue weighted by Gasteiger charge is 2.27. The minimum atomic E-state index is -1.27. The Morgan fingerprint density at radius 1 is 1.19 bits per heavy atom. The number of carboxylic acids is 2. The highest BCUT2D eigenvalue weighted by atomic mass is 32.1. The number of rotatable bonds is 10. The number of carbonyl (C=O) groups excluding carboxylic acids is 2. The maximum absolute atomic E-state index is 11.6. The number of hydrogen-bond donors (Lipinski definition) is 5. The topological polar surface area (TPSA) is 176 Å². The first kappa shape index (κ1) is 18.9. The van der Waals surface area contributed by atoms with Gasteiger partial charge in [0, 0.05) is 10.6 Å². The van der Waals surface area contributed by atoms with Crippen molar-refractivity contribution in [1.29, 1.82) is 0 Å². The van der Waals surface area contributed by atoms with E-state index in [0.717, 1.165) is 0 Å². The van der Waals surface area contributed by atoms with Crippen LogP contribution in [0.2, 0.25) is 0 Å². The van der Waals surface area contributed by atoms with Gasteiger partial charge in [0.25, 0.3) is 5.75 Å². The quantitative estimate of drug-likeness (QED) is 0.270. The number of hydrogen-bond acceptors (Lipinski definition) is 6. The van der Waals surface area contributed by atoms with Gasteiger partial charge in [-0.05, 0) is 6.42 Å². The summed E-state index contributed by atoms with van der Waals surface area (Å²) in [5.74, 6) is -4.28. The van der Waals surface area contributed by atoms with Gasteiger partial charge in [0.15, 0.2) is 6.04 Å². The van der Waals surface area contributed by atoms with E-state index in [-0.39, 0.29) is 30.3 Å². The van der Waals surface area contributed by atoms with Crippen LogP contribution in [0, 0.1) is 0 Å². The van der Waals surface area contributed by atoms with Crippen LogP contribution < -0.4 is 16.4 Å². The Morgan fingerprint density at radius 2 is 1.81 bits per heavy atom. The van der Waals surface area contributed by atoms with Crippen molar-refractivity contribution >= 4 is 35.4 Å². The summed E-state index contributed by atoms with van der Waals surface area (Å²) < 4.78 is 10.5. The third-order valence-electron chi connectivity index (χ3n) is 2.30. The minimum Gasteiger partial charge on any atom is -0.480 e. The van der Waals surface area contributed by atoms with Crippen LogP contribution in [-0.2, 0) is 35.1 Å². The molecule has 0 radical (unpaired) electrons. The zero-order chi connectivity index (χ0) is 16.4. The van der Waals surface area contributed by atoms with Gasteiger partial charge in [-0.15, -0.1) is 0 Å². The molecule has 21 heavy (non-hydrogen) atoms. The molecule has 0 aliphatic heterocycles. The van der Waals surface area contributed by atoms with Crippen LogP contribution in [0.3, 0.4) is 0 Å². The number of nitrogens with two attached hydrogens (primary N) is 1. The van der Waals surface area contributed by atoms with Crippen LogP contribution in [0.15, 0.2) is 0 Å². The lowest BCUT2D eigenvalue weighted by Gasteiger charge is -2.13. The minimum absolute atomic E-state index is 0.0518. The molecule has 0 rings (SSSR count). The Hall–Kier alpha value is -2.14. The van der Waals surface area contributed by atoms with Crippen LogP contribution in [0.5, 0.6) is 0 Å². The van der Waals surface area contributed by atoms with E-state index in [1.54, 1.807) is 0 Å². The van der Waals surface area contributed by atoms with E-state index in [1.807, 2.05) is 5.32 Å². The fourth-order valence-electron chi connectivity index (χ4n) is 1.21. The van der Waals surface area contributed by atoms with Gasteiger partial charge in [-0.25, -0.2) is 0 Å². The van der Waals surface area contributed by atoms with E-state index in [0.29, 0.717) is 0 Å². The van der Waals surface area contributed by atoms with Gasteiger partial charge in [0.1, 0.15) is 12.6 Å². The summed E-state index contributed by atoms with van der Waals surface area (Å²) in [6.07, 6.45) is -0.366. The van der Waals surface area contributed by atoms with Gasteiger partial charge in [-0.1, -0.05) is 0 Å². The second-order valence-electron chi connectivity index (χ2n) is 4.00. The SMILES string of the molecule is N[C@@H](CCC(=O)N[C@@H](C[S+]=O)C(=O)NCC(=O)O)C(=O)O. The fourth-order valence-corrected chi connectivity index (χ4v) is 1.58. The zero-order valence-corrected chi connectivity index (χ0v) is 11.7. The second-order valence-corrected chi connectivity index (χ2v) is 4.57. The molecular weight excluding hydrogens is 306 g/mol. The van der Waals surface area contributed by atoms with E-state index >= 15 is 0 Å². The molecule has 2 atom stereocenters. The highest BCUT2D eigenvalue weighted by Crippen LogP contribution is 1.96. The first-order valence-corrected chi connectivity index (χ1v) is 6.71. The van der Waals surface area contributed by atoms with E-state index < -0.39 is 42.4 Å². The van der Waals surface area contributed by atoms with Crippen molar-refractivity contribution in [2.75, 3.05) is 12.3 Å². The molecule has 0 aromatic rings. The largest absolute Gasteiger partial charge is 0.480 e. The van der Waals surface area contributed by atoms with Crippen molar-refractivity contribution in [3.05, 3.63) is 0 Å². The molecule has 2 amide bonds. The smallest absolute Gasteiger partial charge is 0.461 e. The molecule has 0 aliphatic carbocycles. The van der Waals surface area contributed by atoms with Crippen LogP contribution in [-0.4, -0.2) is 58.3 Å². The third kappa shape index (κ3) is 8.60. The summed E-state index contributed by atoms with van der Waals surface area (Å²) in [5, 5.41) is 21.2. The molecule has 0 aromatic carbocycles. The Morgan fingerprint density at radius 3 is 2.29 bits per heavy atom. The summed E-state index contributed by atoms with van der Waals surface area (Å²) in [4.78, 5) is 43.9. The average molecular weight is 322 g/mol. The Labute approximate surface area is 123 Å². The van der Waals surface area contributed by atoms with Gasteiger partial charge in [-0.3, -0.25) is 19.2 Å². The molecule has 0 aromatic heterocycles. The fraction of sp³-hybridized carbons (Fsp3) is 0.600. The summed E-state index contributed by atoms with van der Waals surface area (Å²) in [6, 6.07) is -2.40. The maximum Gasteiger partial charge on any atom is 0.461 e. The molecule has 11 heteroatoms. The molecule has 0 heterocycles. The van der Waals surface area contributed by atoms with Gasteiger partial charge in [0.05, 0.1) is 0 Å². The molecule has 0 fully saturated rings. The van der Waals surface area contributed by atoms with E-state index in [1.165, 1.54) is 0 Å². The second kappa shape index (κ2) is 9.72. The van der Waals surface area contributed by atoms with Crippen LogP contribution in [0.25, 0.3) is 0 Å². The predicted octanol–water partition coefficient (Wildman–Crippen LogP) is -2.71. The standard InChI is InChI=1S/C10H15N3O7S/c11-5(10(18)19)1-2-7(14)13-6(4-21-20)9(17)12-3-8(15)16/h5-6H,1-4,11H2,(H3-,12,13,14,15,16,17,18,19)/p+1/t5-,6-/m0/s1. The van der Waals surface area contributed by atoms with Gasteiger partial charge in [-0.2, -0.15) is 0 Å². The lowest BCUT2D eigenvalue weighted by atomic mass is 10.1. The number of amides is 2. The molecule has 0 saturated carbocycles. The molecule has 118 valence electrons. The van der Waals surface area contributed by atoms with Crippen LogP contribution >= 0.6 is 0 Å². The molecule has 0 unspecified atom stereocenters. The Balaban J connectivity index is 4.38. The molecule has 0 saturated heterocycles. The molecule has 0 bridgehead atoms. The van der Waals surface area contributed by atoms with Crippen molar-refractivity contribution in [2.45, 2.75) is 24.9 Å². The first-order chi connectivity index (χ1) is 9.77. The van der Waals surface area contributed by atoms with Gasteiger partial charge >= 0.3 is 23.6 Å². The monoisotopic (exact) mass is 322 g/mol. The summed E-state index contributed by atoms with van der Waals surface area (Å²) in [5.41, 5.74) is 5.22. The number of nitrogens with one attached hydrogen (secondary N) is 2. The van der Waals surface area contributed by atoms with Crippen molar-refractivity contribution in [1.82, 2.24) is 10.6 Å². The van der Waals surface area contributed by atoms with E-state index in [9.17, 15) is 23.4 Å². The van der Waals surface area contributed by atoms with Crippen molar-refractivity contribution < 1.29 is 33.6 Å². The van der Waals surface area contributed by atoms with Gasteiger partial charge < -0.3 is 26.6 Å². The summed E-state index contributed by atoms with van der Waals surface area (Å²) >= 11 is 0.0518. The summed E-state index contributed by atoms with van der Waals surface area (Å²) in [6.45, 7) is -0.640. The van der Waals surface area contributed by atoms with Crippen LogP contribution in [0.4, 0.5) is 0 Å². The zero-order valence-electron chi connectivity index (χ0n) is 10.9. The van der Waals surface area contributed by atoms with Gasteiger partial charge in [0.2, 0.25) is 11.8 Å². The molecular formula is C10H16N3O7S+. The Bertz CT molecular complexity index is 429. The van der Waals surface area contributed by atoms with Crippen LogP contribution in [0.1, 0.15) is 12.8 Å². The molecule has 10 nitrogen and oxygen atoms in total. The number of carboxylic acid groups (broad SMARTS) is 2. The average Bonchev–Trinajstić information content (AvgIpc) is 2.41. The van der Waals surface area contributed by atoms with E-state index in [4.69, 9.17) is 15.9 Å². The Kier molecular flexibility index (Phi) is 8.73. The van der Waals surface area contributed by atoms with Crippen molar-refractivity contribution in [3.8, 4) is 0 Å². The first-order valence-electron chi connectivity index (χ1n) is 5.80. The maximum atomic E-state index is 11.6. The molecule has 6 N–H and O–H groups in total. The van der Waals surface area contributed by atoms with Crippen molar-refractivity contribution in [3.63, 3.8) is 0 Å². The lowest BCUT2D eigenvalue weighted by Crippen LogP contribution is -2.50. The van der Waals surface area contributed by atoms with E-state index in [2.05, 4.69) is 5.32 Å². The third-order valence-corrected chi connectivity index (χ3v) is 2.77. The van der Waals surface area contributed by atoms with Crippen molar-refractivity contribution in [2.24, 2.45) is 5.73 Å². The number of aliphatic carboxylic acids is 2.